The number of hydrogen-bond acceptors (Lipinski definition) is 4. The highest BCUT2D eigenvalue weighted by Gasteiger charge is 2.58. The molecule has 4 fully saturated rings. The summed E-state index contributed by atoms with van der Waals surface area (Å²) in [5.74, 6) is 0.437. The van der Waals surface area contributed by atoms with E-state index in [2.05, 4.69) is 22.0 Å². The summed E-state index contributed by atoms with van der Waals surface area (Å²) < 4.78 is 0. The average Bonchev–Trinajstić information content (AvgIpc) is 2.41. The van der Waals surface area contributed by atoms with Gasteiger partial charge in [-0.05, 0) is 7.05 Å². The Balaban J connectivity index is 2.08. The molecule has 4 aliphatic rings. The van der Waals surface area contributed by atoms with E-state index in [0.717, 1.165) is 39.3 Å². The van der Waals surface area contributed by atoms with Gasteiger partial charge in [0, 0.05) is 39.3 Å². The lowest BCUT2D eigenvalue weighted by Gasteiger charge is -2.53. The third-order valence-electron chi connectivity index (χ3n) is 4.33. The third kappa shape index (κ3) is 1.16. The number of Topliss-reactive ketones (excluding diaryl/α,β-unsaturated/α-hetero) is 1. The molecule has 2 atom stereocenters. The van der Waals surface area contributed by atoms with Crippen molar-refractivity contribution in [3.63, 3.8) is 0 Å². The molecule has 0 aliphatic carbocycles. The number of fused-ring (bicyclic) bond motifs is 1. The predicted octanol–water partition coefficient (Wildman–Crippen LogP) is -0.835. The molecule has 4 saturated heterocycles. The third-order valence-corrected chi connectivity index (χ3v) is 4.33. The first-order valence-electron chi connectivity index (χ1n) is 5.77. The maximum absolute atomic E-state index is 12.5. The molecule has 0 spiro atoms. The van der Waals surface area contributed by atoms with Gasteiger partial charge < -0.3 is 5.32 Å². The van der Waals surface area contributed by atoms with Gasteiger partial charge in [0.1, 0.15) is 5.54 Å². The normalized spacial score (nSPS) is 53.3. The first kappa shape index (κ1) is 9.75. The van der Waals surface area contributed by atoms with Gasteiger partial charge in [-0.15, -0.1) is 0 Å². The Kier molecular flexibility index (Phi) is 1.83. The number of likely N-dealkylation sites (N-methyl/N-ethyl adjacent to an activating group) is 1. The fraction of sp³-hybridized carbons (Fsp3) is 0.909. The van der Waals surface area contributed by atoms with Gasteiger partial charge in [-0.3, -0.25) is 14.6 Å². The minimum atomic E-state index is -0.290. The van der Waals surface area contributed by atoms with Crippen molar-refractivity contribution in [3.8, 4) is 0 Å². The van der Waals surface area contributed by atoms with Crippen LogP contribution in [0.25, 0.3) is 0 Å². The van der Waals surface area contributed by atoms with Crippen molar-refractivity contribution in [1.29, 1.82) is 0 Å². The topological polar surface area (TPSA) is 35.6 Å². The minimum Gasteiger partial charge on any atom is -0.306 e. The van der Waals surface area contributed by atoms with Crippen LogP contribution in [0.1, 0.15) is 6.92 Å². The molecule has 0 radical (unpaired) electrons. The van der Waals surface area contributed by atoms with Gasteiger partial charge in [0.05, 0.1) is 5.41 Å². The van der Waals surface area contributed by atoms with E-state index < -0.39 is 0 Å². The second kappa shape index (κ2) is 2.81. The van der Waals surface area contributed by atoms with Crippen molar-refractivity contribution in [2.24, 2.45) is 5.41 Å². The fourth-order valence-corrected chi connectivity index (χ4v) is 3.70. The van der Waals surface area contributed by atoms with Crippen LogP contribution in [0.5, 0.6) is 0 Å². The van der Waals surface area contributed by atoms with Gasteiger partial charge >= 0.3 is 0 Å². The van der Waals surface area contributed by atoms with Crippen molar-refractivity contribution in [3.05, 3.63) is 0 Å². The van der Waals surface area contributed by atoms with Crippen LogP contribution < -0.4 is 5.32 Å². The lowest BCUT2D eigenvalue weighted by molar-refractivity contribution is -0.147. The highest BCUT2D eigenvalue weighted by atomic mass is 16.1. The molecule has 0 amide bonds. The molecule has 4 bridgehead atoms. The highest BCUT2D eigenvalue weighted by molar-refractivity contribution is 5.96. The zero-order valence-electron chi connectivity index (χ0n) is 9.55. The van der Waals surface area contributed by atoms with Gasteiger partial charge in [0.15, 0.2) is 5.78 Å². The van der Waals surface area contributed by atoms with Crippen molar-refractivity contribution >= 4 is 5.78 Å². The minimum absolute atomic E-state index is 0.143. The average molecular weight is 209 g/mol. The molecule has 0 aromatic carbocycles. The highest BCUT2D eigenvalue weighted by Crippen LogP contribution is 2.39. The van der Waals surface area contributed by atoms with Gasteiger partial charge in [-0.25, -0.2) is 0 Å². The summed E-state index contributed by atoms with van der Waals surface area (Å²) >= 11 is 0. The molecule has 4 nitrogen and oxygen atoms in total. The zero-order chi connectivity index (χ0) is 10.7. The van der Waals surface area contributed by atoms with Crippen molar-refractivity contribution < 1.29 is 4.79 Å². The lowest BCUT2D eigenvalue weighted by Crippen LogP contribution is -2.74. The summed E-state index contributed by atoms with van der Waals surface area (Å²) in [6.07, 6.45) is 0. The zero-order valence-corrected chi connectivity index (χ0v) is 9.55. The molecule has 4 heterocycles. The lowest BCUT2D eigenvalue weighted by atomic mass is 9.68. The summed E-state index contributed by atoms with van der Waals surface area (Å²) in [5.41, 5.74) is -0.433. The molecule has 0 saturated carbocycles. The van der Waals surface area contributed by atoms with E-state index in [9.17, 15) is 4.79 Å². The predicted molar refractivity (Wildman–Crippen MR) is 57.8 cm³/mol. The molecule has 4 rings (SSSR count). The summed E-state index contributed by atoms with van der Waals surface area (Å²) in [6, 6.07) is 0. The number of rotatable bonds is 1. The summed E-state index contributed by atoms with van der Waals surface area (Å²) in [5, 5.41) is 3.29. The Bertz CT molecular complexity index is 299. The van der Waals surface area contributed by atoms with Crippen LogP contribution >= 0.6 is 0 Å². The van der Waals surface area contributed by atoms with Gasteiger partial charge in [0.25, 0.3) is 0 Å². The van der Waals surface area contributed by atoms with E-state index in [1.807, 2.05) is 7.05 Å². The molecule has 2 unspecified atom stereocenters. The van der Waals surface area contributed by atoms with E-state index in [1.165, 1.54) is 0 Å². The van der Waals surface area contributed by atoms with Gasteiger partial charge in [0.2, 0.25) is 0 Å². The molecule has 4 aliphatic heterocycles. The van der Waals surface area contributed by atoms with Crippen molar-refractivity contribution in [1.82, 2.24) is 15.1 Å². The Morgan fingerprint density at radius 1 is 1.13 bits per heavy atom. The standard InChI is InChI=1S/C11H19N3O/c1-10-5-13-3-4-14(6-10)8-11(7-13,12-2)9(10)15/h12H,3-8H2,1-2H3. The number of carbonyl (C=O) groups excluding carboxylic acids is 1. The Labute approximate surface area is 90.6 Å². The monoisotopic (exact) mass is 209 g/mol. The molecule has 0 aromatic heterocycles. The molecule has 1 N–H and O–H groups in total. The van der Waals surface area contributed by atoms with E-state index in [1.54, 1.807) is 0 Å². The number of piperidine rings is 2. The second-order valence-electron chi connectivity index (χ2n) is 5.64. The number of ketones is 1. The number of nitrogens with one attached hydrogen (secondary N) is 1. The maximum atomic E-state index is 12.5. The van der Waals surface area contributed by atoms with Gasteiger partial charge in [-0.1, -0.05) is 6.92 Å². The first-order valence-corrected chi connectivity index (χ1v) is 5.77. The first-order chi connectivity index (χ1) is 7.08. The number of carbonyl (C=O) groups is 1. The van der Waals surface area contributed by atoms with Gasteiger partial charge in [-0.2, -0.15) is 0 Å². The van der Waals surface area contributed by atoms with Crippen LogP contribution in [-0.2, 0) is 4.79 Å². The molecule has 15 heavy (non-hydrogen) atoms. The summed E-state index contributed by atoms with van der Waals surface area (Å²) in [4.78, 5) is 17.4. The molecule has 4 heteroatoms. The van der Waals surface area contributed by atoms with Crippen molar-refractivity contribution in [2.75, 3.05) is 46.3 Å². The van der Waals surface area contributed by atoms with Crippen LogP contribution in [0.2, 0.25) is 0 Å². The van der Waals surface area contributed by atoms with Crippen molar-refractivity contribution in [2.45, 2.75) is 12.5 Å². The number of nitrogens with zero attached hydrogens (tertiary/aromatic N) is 2. The molecule has 0 aromatic rings. The quantitative estimate of drug-likeness (QED) is 0.611. The smallest absolute Gasteiger partial charge is 0.163 e. The Morgan fingerprint density at radius 2 is 1.67 bits per heavy atom. The fourth-order valence-electron chi connectivity index (χ4n) is 3.70. The summed E-state index contributed by atoms with van der Waals surface area (Å²) in [7, 11) is 1.93. The van der Waals surface area contributed by atoms with Crippen LogP contribution in [0, 0.1) is 5.41 Å². The molecular weight excluding hydrogens is 190 g/mol. The van der Waals surface area contributed by atoms with E-state index in [4.69, 9.17) is 0 Å². The Hall–Kier alpha value is -0.450. The van der Waals surface area contributed by atoms with E-state index in [0.29, 0.717) is 5.78 Å². The van der Waals surface area contributed by atoms with Crippen LogP contribution in [0.15, 0.2) is 0 Å². The Morgan fingerprint density at radius 3 is 2.13 bits per heavy atom. The summed E-state index contributed by atoms with van der Waals surface area (Å²) in [6.45, 7) is 8.06. The maximum Gasteiger partial charge on any atom is 0.163 e. The molecular formula is C11H19N3O. The largest absolute Gasteiger partial charge is 0.306 e. The van der Waals surface area contributed by atoms with Crippen LogP contribution in [-0.4, -0.2) is 67.4 Å². The van der Waals surface area contributed by atoms with E-state index >= 15 is 0 Å². The SMILES string of the molecule is CNC12CN3CCN(CC(C)(C3)C1=O)C2. The number of hydrogen-bond donors (Lipinski definition) is 1. The second-order valence-corrected chi connectivity index (χ2v) is 5.64. The van der Waals surface area contributed by atoms with E-state index in [-0.39, 0.29) is 11.0 Å². The van der Waals surface area contributed by atoms with Crippen LogP contribution in [0.4, 0.5) is 0 Å². The van der Waals surface area contributed by atoms with Crippen LogP contribution in [0.3, 0.4) is 0 Å². The molecule has 84 valence electrons.